The monoisotopic (exact) mass is 431 g/mol. The number of rotatable bonds is 8. The highest BCUT2D eigenvalue weighted by molar-refractivity contribution is 6.31. The molecule has 30 heavy (non-hydrogen) atoms. The van der Waals surface area contributed by atoms with E-state index in [2.05, 4.69) is 24.1 Å². The molecule has 1 aromatic heterocycles. The summed E-state index contributed by atoms with van der Waals surface area (Å²) in [6, 6.07) is 10.6. The highest BCUT2D eigenvalue weighted by Crippen LogP contribution is 2.27. The Morgan fingerprint density at radius 3 is 2.63 bits per heavy atom. The van der Waals surface area contributed by atoms with Gasteiger partial charge in [0.05, 0.1) is 12.3 Å². The van der Waals surface area contributed by atoms with Gasteiger partial charge < -0.3 is 14.6 Å². The van der Waals surface area contributed by atoms with Gasteiger partial charge in [0.1, 0.15) is 6.04 Å². The quantitative estimate of drug-likeness (QED) is 0.682. The van der Waals surface area contributed by atoms with Gasteiger partial charge in [-0.25, -0.2) is 0 Å². The van der Waals surface area contributed by atoms with E-state index in [1.54, 1.807) is 17.0 Å². The number of furan rings is 1. The molecule has 2 amide bonds. The second-order valence-electron chi connectivity index (χ2n) is 7.49. The maximum atomic E-state index is 13.1. The number of likely N-dealkylation sites (N-methyl/N-ethyl adjacent to an activating group) is 1. The molecule has 0 aliphatic carbocycles. The summed E-state index contributed by atoms with van der Waals surface area (Å²) >= 11 is 6.46. The summed E-state index contributed by atoms with van der Waals surface area (Å²) in [6.07, 6.45) is 3.94. The summed E-state index contributed by atoms with van der Waals surface area (Å²) in [5.41, 5.74) is 0.996. The summed E-state index contributed by atoms with van der Waals surface area (Å²) in [6.45, 7) is 6.87. The van der Waals surface area contributed by atoms with Crippen LogP contribution in [-0.4, -0.2) is 53.8 Å². The Morgan fingerprint density at radius 1 is 1.20 bits per heavy atom. The number of carbonyl (C=O) groups excluding carboxylic acids is 2. The normalized spacial score (nSPS) is 17.7. The van der Waals surface area contributed by atoms with Gasteiger partial charge in [-0.2, -0.15) is 0 Å². The van der Waals surface area contributed by atoms with Gasteiger partial charge >= 0.3 is 0 Å². The van der Waals surface area contributed by atoms with Crippen LogP contribution in [0.1, 0.15) is 55.3 Å². The van der Waals surface area contributed by atoms with Crippen molar-refractivity contribution in [3.63, 3.8) is 0 Å². The third-order valence-corrected chi connectivity index (χ3v) is 6.13. The molecule has 0 saturated carbocycles. The van der Waals surface area contributed by atoms with Gasteiger partial charge in [0.25, 0.3) is 5.91 Å². The molecular formula is C23H30ClN3O3. The van der Waals surface area contributed by atoms with E-state index in [4.69, 9.17) is 16.0 Å². The summed E-state index contributed by atoms with van der Waals surface area (Å²) in [5.74, 6) is -0.0863. The number of benzene rings is 1. The molecule has 0 radical (unpaired) electrons. The van der Waals surface area contributed by atoms with Crippen molar-refractivity contribution >= 4 is 23.4 Å². The van der Waals surface area contributed by atoms with Crippen LogP contribution < -0.4 is 5.32 Å². The van der Waals surface area contributed by atoms with Crippen LogP contribution in [0.25, 0.3) is 0 Å². The van der Waals surface area contributed by atoms with E-state index in [-0.39, 0.29) is 23.6 Å². The van der Waals surface area contributed by atoms with Crippen LogP contribution in [-0.2, 0) is 4.79 Å². The van der Waals surface area contributed by atoms with Gasteiger partial charge in [0.15, 0.2) is 5.76 Å². The molecule has 1 N–H and O–H groups in total. The minimum Gasteiger partial charge on any atom is -0.459 e. The number of piperidine rings is 1. The zero-order valence-electron chi connectivity index (χ0n) is 17.6. The van der Waals surface area contributed by atoms with E-state index >= 15 is 0 Å². The lowest BCUT2D eigenvalue weighted by atomic mass is 10.00. The first-order valence-electron chi connectivity index (χ1n) is 10.7. The van der Waals surface area contributed by atoms with Crippen LogP contribution in [0, 0.1) is 0 Å². The van der Waals surface area contributed by atoms with Crippen LogP contribution in [0.5, 0.6) is 0 Å². The minimum atomic E-state index is -0.486. The predicted octanol–water partition coefficient (Wildman–Crippen LogP) is 4.13. The van der Waals surface area contributed by atoms with Gasteiger partial charge in [-0.15, -0.1) is 0 Å². The maximum absolute atomic E-state index is 13.1. The fraction of sp³-hybridized carbons (Fsp3) is 0.478. The van der Waals surface area contributed by atoms with Crippen molar-refractivity contribution in [3.8, 4) is 0 Å². The van der Waals surface area contributed by atoms with Gasteiger partial charge in [0.2, 0.25) is 5.91 Å². The molecule has 3 rings (SSSR count). The Hall–Kier alpha value is -2.31. The Kier molecular flexibility index (Phi) is 7.94. The molecule has 1 aromatic carbocycles. The molecule has 7 heteroatoms. The number of amides is 2. The van der Waals surface area contributed by atoms with Crippen molar-refractivity contribution in [3.05, 3.63) is 59.0 Å². The molecular weight excluding hydrogens is 402 g/mol. The third-order valence-electron chi connectivity index (χ3n) is 5.79. The highest BCUT2D eigenvalue weighted by Gasteiger charge is 2.34. The average Bonchev–Trinajstić information content (AvgIpc) is 3.31. The fourth-order valence-corrected chi connectivity index (χ4v) is 4.41. The van der Waals surface area contributed by atoms with Crippen molar-refractivity contribution in [1.82, 2.24) is 15.1 Å². The van der Waals surface area contributed by atoms with Crippen molar-refractivity contribution in [2.24, 2.45) is 0 Å². The van der Waals surface area contributed by atoms with Crippen LogP contribution in [0.15, 0.2) is 47.1 Å². The van der Waals surface area contributed by atoms with Gasteiger partial charge in [-0.05, 0) is 56.1 Å². The molecule has 2 heterocycles. The molecule has 2 unspecified atom stereocenters. The number of nitrogens with zero attached hydrogens (tertiary/aromatic N) is 2. The fourth-order valence-electron chi connectivity index (χ4n) is 4.15. The highest BCUT2D eigenvalue weighted by atomic mass is 35.5. The molecule has 2 aromatic rings. The summed E-state index contributed by atoms with van der Waals surface area (Å²) in [7, 11) is 0. The number of hydrogen-bond acceptors (Lipinski definition) is 4. The van der Waals surface area contributed by atoms with Crippen molar-refractivity contribution in [1.29, 1.82) is 0 Å². The van der Waals surface area contributed by atoms with E-state index in [0.29, 0.717) is 24.5 Å². The van der Waals surface area contributed by atoms with Gasteiger partial charge in [0, 0.05) is 18.1 Å². The second kappa shape index (κ2) is 10.6. The number of halogens is 1. The molecule has 0 spiro atoms. The van der Waals surface area contributed by atoms with Gasteiger partial charge in [-0.1, -0.05) is 43.6 Å². The van der Waals surface area contributed by atoms with Crippen LogP contribution in [0.4, 0.5) is 0 Å². The zero-order valence-corrected chi connectivity index (χ0v) is 18.4. The largest absolute Gasteiger partial charge is 0.459 e. The predicted molar refractivity (Wildman–Crippen MR) is 118 cm³/mol. The molecule has 1 aliphatic heterocycles. The zero-order chi connectivity index (χ0) is 21.5. The first kappa shape index (κ1) is 22.4. The molecule has 1 fully saturated rings. The van der Waals surface area contributed by atoms with Gasteiger partial charge in [-0.3, -0.25) is 14.5 Å². The first-order valence-corrected chi connectivity index (χ1v) is 11.0. The molecule has 1 saturated heterocycles. The van der Waals surface area contributed by atoms with E-state index < -0.39 is 6.04 Å². The molecule has 6 nitrogen and oxygen atoms in total. The average molecular weight is 432 g/mol. The van der Waals surface area contributed by atoms with E-state index in [1.807, 2.05) is 24.3 Å². The number of carbonyl (C=O) groups is 2. The van der Waals surface area contributed by atoms with E-state index in [9.17, 15) is 9.59 Å². The topological polar surface area (TPSA) is 65.8 Å². The Bertz CT molecular complexity index is 836. The van der Waals surface area contributed by atoms with Crippen molar-refractivity contribution in [2.75, 3.05) is 26.2 Å². The summed E-state index contributed by atoms with van der Waals surface area (Å²) in [4.78, 5) is 29.8. The van der Waals surface area contributed by atoms with E-state index in [1.165, 1.54) is 6.26 Å². The molecule has 162 valence electrons. The third kappa shape index (κ3) is 5.05. The SMILES string of the molecule is CCN(CC)C(CNC(=O)C1CCCCN1C(=O)c1ccco1)c1ccccc1Cl. The lowest BCUT2D eigenvalue weighted by molar-refractivity contribution is -0.127. The Labute approximate surface area is 183 Å². The molecule has 1 aliphatic rings. The molecule has 2 atom stereocenters. The van der Waals surface area contributed by atoms with Crippen LogP contribution in [0.3, 0.4) is 0 Å². The standard InChI is InChI=1S/C23H30ClN3O3/c1-3-26(4-2)20(17-10-5-6-11-18(17)24)16-25-22(28)19-12-7-8-14-27(19)23(29)21-13-9-15-30-21/h5-6,9-11,13,15,19-20H,3-4,7-8,12,14,16H2,1-2H3,(H,25,28). The van der Waals surface area contributed by atoms with Crippen molar-refractivity contribution < 1.29 is 14.0 Å². The van der Waals surface area contributed by atoms with Crippen LogP contribution in [0.2, 0.25) is 5.02 Å². The molecule has 0 bridgehead atoms. The summed E-state index contributed by atoms with van der Waals surface area (Å²) < 4.78 is 5.26. The lowest BCUT2D eigenvalue weighted by Crippen LogP contribution is -2.53. The van der Waals surface area contributed by atoms with E-state index in [0.717, 1.165) is 31.5 Å². The summed E-state index contributed by atoms with van der Waals surface area (Å²) in [5, 5.41) is 3.78. The number of nitrogens with one attached hydrogen (secondary N) is 1. The Morgan fingerprint density at radius 2 is 1.97 bits per heavy atom. The Balaban J connectivity index is 1.73. The van der Waals surface area contributed by atoms with Crippen LogP contribution >= 0.6 is 11.6 Å². The van der Waals surface area contributed by atoms with Crippen molar-refractivity contribution in [2.45, 2.75) is 45.2 Å². The number of hydrogen-bond donors (Lipinski definition) is 1. The second-order valence-corrected chi connectivity index (χ2v) is 7.90. The smallest absolute Gasteiger partial charge is 0.290 e. The minimum absolute atomic E-state index is 0.0320. The lowest BCUT2D eigenvalue weighted by Gasteiger charge is -2.35. The maximum Gasteiger partial charge on any atom is 0.290 e. The number of likely N-dealkylation sites (tertiary alicyclic amines) is 1. The first-order chi connectivity index (χ1) is 14.6.